The lowest BCUT2D eigenvalue weighted by Crippen LogP contribution is -2.14. The van der Waals surface area contributed by atoms with E-state index in [1.807, 2.05) is 6.07 Å². The van der Waals surface area contributed by atoms with E-state index in [0.717, 1.165) is 24.9 Å². The molecule has 0 saturated carbocycles. The normalized spacial score (nSPS) is 21.8. The van der Waals surface area contributed by atoms with Gasteiger partial charge in [0.15, 0.2) is 0 Å². The Kier molecular flexibility index (Phi) is 2.77. The fourth-order valence-corrected chi connectivity index (χ4v) is 1.98. The van der Waals surface area contributed by atoms with Crippen LogP contribution in [0.15, 0.2) is 24.3 Å². The minimum atomic E-state index is -2.37. The largest absolute Gasteiger partial charge is 0.310 e. The first-order valence-electron chi connectivity index (χ1n) is 4.89. The molecule has 76 valence electrons. The Morgan fingerprint density at radius 3 is 2.71 bits per heavy atom. The molecule has 1 heterocycles. The van der Waals surface area contributed by atoms with Gasteiger partial charge < -0.3 is 5.32 Å². The molecule has 0 radical (unpaired) electrons. The molecule has 0 unspecified atom stereocenters. The summed E-state index contributed by atoms with van der Waals surface area (Å²) in [7, 11) is 0. The summed E-state index contributed by atoms with van der Waals surface area (Å²) in [6.07, 6.45) is -0.333. The highest BCUT2D eigenvalue weighted by molar-refractivity contribution is 5.31. The van der Waals surface area contributed by atoms with Crippen molar-refractivity contribution in [3.8, 4) is 0 Å². The van der Waals surface area contributed by atoms with Crippen LogP contribution < -0.4 is 5.32 Å². The molecule has 0 spiro atoms. The molecule has 1 saturated heterocycles. The fraction of sp³-hybridized carbons (Fsp3) is 0.455. The molecule has 2 rings (SSSR count). The first kappa shape index (κ1) is 9.59. The Bertz CT molecular complexity index is 306. The molecule has 14 heavy (non-hydrogen) atoms. The molecule has 1 aromatic rings. The smallest absolute Gasteiger partial charge is 0.264 e. The van der Waals surface area contributed by atoms with Crippen LogP contribution >= 0.6 is 0 Å². The number of nitrogens with one attached hydrogen (secondary N) is 1. The average molecular weight is 197 g/mol. The van der Waals surface area contributed by atoms with Crippen molar-refractivity contribution in [2.75, 3.05) is 6.54 Å². The lowest BCUT2D eigenvalue weighted by molar-refractivity contribution is 0.149. The number of hydrogen-bond acceptors (Lipinski definition) is 1. The topological polar surface area (TPSA) is 12.0 Å². The summed E-state index contributed by atoms with van der Waals surface area (Å²) in [5.41, 5.74) is 0.937. The lowest BCUT2D eigenvalue weighted by atomic mass is 9.99. The molecule has 1 fully saturated rings. The maximum atomic E-state index is 12.7. The average Bonchev–Trinajstić information content (AvgIpc) is 2.70. The summed E-state index contributed by atoms with van der Waals surface area (Å²) < 4.78 is 25.3. The van der Waals surface area contributed by atoms with Gasteiger partial charge in [0.05, 0.1) is 0 Å². The van der Waals surface area contributed by atoms with E-state index in [4.69, 9.17) is 0 Å². The molecule has 1 nitrogen and oxygen atoms in total. The zero-order valence-electron chi connectivity index (χ0n) is 7.84. The number of rotatable bonds is 2. The molecule has 0 aliphatic carbocycles. The van der Waals surface area contributed by atoms with Gasteiger partial charge in [0.25, 0.3) is 6.43 Å². The van der Waals surface area contributed by atoms with E-state index in [9.17, 15) is 8.78 Å². The van der Waals surface area contributed by atoms with Gasteiger partial charge in [-0.05, 0) is 24.9 Å². The van der Waals surface area contributed by atoms with Gasteiger partial charge in [-0.3, -0.25) is 0 Å². The van der Waals surface area contributed by atoms with Crippen molar-refractivity contribution in [3.63, 3.8) is 0 Å². The Hall–Kier alpha value is -0.960. The van der Waals surface area contributed by atoms with Crippen molar-refractivity contribution < 1.29 is 8.78 Å². The zero-order valence-corrected chi connectivity index (χ0v) is 7.84. The van der Waals surface area contributed by atoms with E-state index in [2.05, 4.69) is 5.32 Å². The highest BCUT2D eigenvalue weighted by atomic mass is 19.3. The Morgan fingerprint density at radius 1 is 1.29 bits per heavy atom. The van der Waals surface area contributed by atoms with Crippen LogP contribution in [0.3, 0.4) is 0 Å². The van der Waals surface area contributed by atoms with Gasteiger partial charge in [0.2, 0.25) is 0 Å². The van der Waals surface area contributed by atoms with Crippen molar-refractivity contribution in [1.82, 2.24) is 5.32 Å². The van der Waals surface area contributed by atoms with Gasteiger partial charge in [-0.25, -0.2) is 8.78 Å². The third-order valence-electron chi connectivity index (χ3n) is 2.67. The highest BCUT2D eigenvalue weighted by Crippen LogP contribution is 2.31. The predicted octanol–water partition coefficient (Wildman–Crippen LogP) is 3.05. The molecule has 1 N–H and O–H groups in total. The van der Waals surface area contributed by atoms with E-state index in [1.165, 1.54) is 6.07 Å². The molecule has 0 amide bonds. The molecule has 1 atom stereocenters. The first-order valence-corrected chi connectivity index (χ1v) is 4.89. The summed E-state index contributed by atoms with van der Waals surface area (Å²) in [4.78, 5) is 0. The molecular weight excluding hydrogens is 184 g/mol. The second kappa shape index (κ2) is 4.05. The molecule has 1 aliphatic rings. The van der Waals surface area contributed by atoms with Crippen molar-refractivity contribution in [3.05, 3.63) is 35.4 Å². The Balaban J connectivity index is 2.30. The van der Waals surface area contributed by atoms with Crippen molar-refractivity contribution in [1.29, 1.82) is 0 Å². The maximum absolute atomic E-state index is 12.7. The monoisotopic (exact) mass is 197 g/mol. The van der Waals surface area contributed by atoms with E-state index < -0.39 is 6.43 Å². The third kappa shape index (κ3) is 1.77. The second-order valence-corrected chi connectivity index (χ2v) is 3.58. The van der Waals surface area contributed by atoms with Crippen LogP contribution in [0.2, 0.25) is 0 Å². The van der Waals surface area contributed by atoms with Crippen LogP contribution in [-0.2, 0) is 0 Å². The summed E-state index contributed by atoms with van der Waals surface area (Å²) in [6, 6.07) is 6.92. The van der Waals surface area contributed by atoms with Gasteiger partial charge in [-0.1, -0.05) is 24.3 Å². The third-order valence-corrected chi connectivity index (χ3v) is 2.67. The summed E-state index contributed by atoms with van der Waals surface area (Å²) >= 11 is 0. The van der Waals surface area contributed by atoms with Gasteiger partial charge >= 0.3 is 0 Å². The molecule has 1 aromatic carbocycles. The van der Waals surface area contributed by atoms with Crippen LogP contribution in [0.5, 0.6) is 0 Å². The summed E-state index contributed by atoms with van der Waals surface area (Å²) in [5.74, 6) is 0. The van der Waals surface area contributed by atoms with Crippen LogP contribution in [0, 0.1) is 0 Å². The van der Waals surface area contributed by atoms with Gasteiger partial charge in [-0.15, -0.1) is 0 Å². The number of hydrogen-bond donors (Lipinski definition) is 1. The SMILES string of the molecule is FC(F)c1ccccc1[C@@H]1CCCN1. The van der Waals surface area contributed by atoms with Gasteiger partial charge in [0.1, 0.15) is 0 Å². The molecular formula is C11H13F2N. The number of halogens is 2. The van der Waals surface area contributed by atoms with E-state index in [0.29, 0.717) is 0 Å². The van der Waals surface area contributed by atoms with Crippen molar-refractivity contribution in [2.45, 2.75) is 25.3 Å². The second-order valence-electron chi connectivity index (χ2n) is 3.58. The fourth-order valence-electron chi connectivity index (χ4n) is 1.98. The van der Waals surface area contributed by atoms with Crippen LogP contribution in [0.1, 0.15) is 36.4 Å². The quantitative estimate of drug-likeness (QED) is 0.768. The Labute approximate surface area is 82.1 Å². The predicted molar refractivity (Wildman–Crippen MR) is 51.4 cm³/mol. The van der Waals surface area contributed by atoms with Gasteiger partial charge in [0, 0.05) is 11.6 Å². The first-order chi connectivity index (χ1) is 6.79. The molecule has 0 aromatic heterocycles. The maximum Gasteiger partial charge on any atom is 0.264 e. The van der Waals surface area contributed by atoms with Crippen LogP contribution in [0.25, 0.3) is 0 Å². The summed E-state index contributed by atoms with van der Waals surface area (Å²) in [6.45, 7) is 0.933. The van der Waals surface area contributed by atoms with Gasteiger partial charge in [-0.2, -0.15) is 0 Å². The van der Waals surface area contributed by atoms with E-state index in [-0.39, 0.29) is 11.6 Å². The molecule has 3 heteroatoms. The molecule has 0 bridgehead atoms. The number of benzene rings is 1. The minimum Gasteiger partial charge on any atom is -0.310 e. The van der Waals surface area contributed by atoms with Crippen molar-refractivity contribution >= 4 is 0 Å². The number of alkyl halides is 2. The Morgan fingerprint density at radius 2 is 2.07 bits per heavy atom. The standard InChI is InChI=1S/C11H13F2N/c12-11(13)9-5-2-1-4-8(9)10-6-3-7-14-10/h1-2,4-5,10-11,14H,3,6-7H2/t10-/m0/s1. The minimum absolute atomic E-state index is 0.125. The lowest BCUT2D eigenvalue weighted by Gasteiger charge is -2.14. The summed E-state index contributed by atoms with van der Waals surface area (Å²) in [5, 5.41) is 3.23. The van der Waals surface area contributed by atoms with E-state index >= 15 is 0 Å². The van der Waals surface area contributed by atoms with E-state index in [1.54, 1.807) is 12.1 Å². The van der Waals surface area contributed by atoms with Crippen molar-refractivity contribution in [2.24, 2.45) is 0 Å². The highest BCUT2D eigenvalue weighted by Gasteiger charge is 2.21. The van der Waals surface area contributed by atoms with Crippen LogP contribution in [-0.4, -0.2) is 6.54 Å². The van der Waals surface area contributed by atoms with Crippen LogP contribution in [0.4, 0.5) is 8.78 Å². The zero-order chi connectivity index (χ0) is 9.97. The molecule has 1 aliphatic heterocycles.